The number of aromatic nitrogens is 1. The van der Waals surface area contributed by atoms with Crippen molar-refractivity contribution in [2.75, 3.05) is 19.0 Å². The molecule has 7 rings (SSSR count). The van der Waals surface area contributed by atoms with Crippen LogP contribution in [0.25, 0.3) is 17.3 Å². The number of anilines is 2. The lowest BCUT2D eigenvalue weighted by atomic mass is 9.77. The zero-order chi connectivity index (χ0) is 35.3. The summed E-state index contributed by atoms with van der Waals surface area (Å²) >= 11 is 13.7. The molecule has 1 aliphatic heterocycles. The molecule has 5 aromatic rings. The number of carbonyl (C=O) groups excluding carboxylic acids is 2. The molecule has 8 nitrogen and oxygen atoms in total. The molecule has 258 valence electrons. The van der Waals surface area contributed by atoms with Gasteiger partial charge in [-0.2, -0.15) is 5.10 Å². The summed E-state index contributed by atoms with van der Waals surface area (Å²) in [5, 5.41) is 11.6. The van der Waals surface area contributed by atoms with Gasteiger partial charge in [-0.1, -0.05) is 89.9 Å². The van der Waals surface area contributed by atoms with Gasteiger partial charge in [0.15, 0.2) is 11.7 Å². The highest BCUT2D eigenvalue weighted by atomic mass is 35.5. The Labute approximate surface area is 310 Å². The van der Waals surface area contributed by atoms with Gasteiger partial charge in [0.1, 0.15) is 5.75 Å². The van der Waals surface area contributed by atoms with Crippen molar-refractivity contribution >= 4 is 69.0 Å². The van der Waals surface area contributed by atoms with Gasteiger partial charge in [-0.25, -0.2) is 9.99 Å². The summed E-state index contributed by atoms with van der Waals surface area (Å²) in [5.74, 6) is -0.285. The van der Waals surface area contributed by atoms with Crippen LogP contribution in [0.15, 0.2) is 114 Å². The molecular formula is C40H34Cl2N4O4S. The zero-order valence-corrected chi connectivity index (χ0v) is 30.0. The maximum absolute atomic E-state index is 13.9. The van der Waals surface area contributed by atoms with Gasteiger partial charge in [0, 0.05) is 26.4 Å². The molecule has 0 spiro atoms. The number of nitrogens with zero attached hydrogens (tertiary/aromatic N) is 3. The van der Waals surface area contributed by atoms with E-state index in [0.717, 1.165) is 52.9 Å². The Bertz CT molecular complexity index is 2100. The highest BCUT2D eigenvalue weighted by Gasteiger charge is 2.44. The van der Waals surface area contributed by atoms with Crippen LogP contribution in [0.3, 0.4) is 0 Å². The van der Waals surface area contributed by atoms with Crippen LogP contribution in [0, 0.1) is 5.92 Å². The average molecular weight is 738 g/mol. The summed E-state index contributed by atoms with van der Waals surface area (Å²) in [4.78, 5) is 32.8. The summed E-state index contributed by atoms with van der Waals surface area (Å²) < 4.78 is 11.1. The van der Waals surface area contributed by atoms with Gasteiger partial charge < -0.3 is 14.8 Å². The summed E-state index contributed by atoms with van der Waals surface area (Å²) in [5.41, 5.74) is 6.17. The van der Waals surface area contributed by atoms with Crippen molar-refractivity contribution in [3.05, 3.63) is 135 Å². The van der Waals surface area contributed by atoms with Gasteiger partial charge in [-0.15, -0.1) is 11.3 Å². The lowest BCUT2D eigenvalue weighted by Gasteiger charge is -2.29. The molecule has 1 N–H and O–H groups in total. The first-order valence-electron chi connectivity index (χ1n) is 16.6. The molecular weight excluding hydrogens is 703 g/mol. The smallest absolute Gasteiger partial charge is 0.311 e. The first-order valence-corrected chi connectivity index (χ1v) is 18.2. The lowest BCUT2D eigenvalue weighted by molar-refractivity contribution is -0.152. The lowest BCUT2D eigenvalue weighted by Crippen LogP contribution is -2.34. The Kier molecular flexibility index (Phi) is 10.5. The minimum Gasteiger partial charge on any atom is -0.495 e. The van der Waals surface area contributed by atoms with Crippen molar-refractivity contribution in [3.8, 4) is 17.0 Å². The van der Waals surface area contributed by atoms with E-state index in [1.165, 1.54) is 16.3 Å². The topological polar surface area (TPSA) is 93.1 Å². The second-order valence-corrected chi connectivity index (χ2v) is 14.2. The van der Waals surface area contributed by atoms with Crippen molar-refractivity contribution in [3.63, 3.8) is 0 Å². The van der Waals surface area contributed by atoms with E-state index in [1.54, 1.807) is 7.11 Å². The molecule has 51 heavy (non-hydrogen) atoms. The van der Waals surface area contributed by atoms with Crippen LogP contribution in [-0.4, -0.2) is 41.3 Å². The van der Waals surface area contributed by atoms with E-state index < -0.39 is 18.5 Å². The quantitative estimate of drug-likeness (QED) is 0.144. The number of hydrogen-bond donors (Lipinski definition) is 1. The molecule has 2 heterocycles. The van der Waals surface area contributed by atoms with Crippen molar-refractivity contribution in [2.24, 2.45) is 11.0 Å². The first kappa shape index (κ1) is 34.5. The number of amides is 1. The largest absolute Gasteiger partial charge is 0.495 e. The number of allylic oxidation sites excluding steroid dienone is 1. The first-order chi connectivity index (χ1) is 24.9. The molecule has 2 unspecified atom stereocenters. The molecule has 11 heteroatoms. The molecule has 0 saturated heterocycles. The number of methoxy groups -OCH3 is 1. The number of rotatable bonds is 10. The molecule has 1 saturated carbocycles. The van der Waals surface area contributed by atoms with Crippen molar-refractivity contribution in [1.29, 1.82) is 0 Å². The van der Waals surface area contributed by atoms with E-state index in [9.17, 15) is 9.59 Å². The number of benzene rings is 4. The van der Waals surface area contributed by atoms with Gasteiger partial charge in [0.25, 0.3) is 5.91 Å². The number of thiazole rings is 1. The summed E-state index contributed by atoms with van der Waals surface area (Å²) in [6.07, 6.45) is 4.72. The summed E-state index contributed by atoms with van der Waals surface area (Å²) in [7, 11) is 1.61. The third kappa shape index (κ3) is 7.86. The van der Waals surface area contributed by atoms with Gasteiger partial charge in [-0.05, 0) is 78.4 Å². The number of hydrogen-bond acceptors (Lipinski definition) is 8. The van der Waals surface area contributed by atoms with E-state index in [2.05, 4.69) is 11.4 Å². The molecule has 2 aliphatic rings. The van der Waals surface area contributed by atoms with E-state index >= 15 is 0 Å². The summed E-state index contributed by atoms with van der Waals surface area (Å²) in [6.45, 7) is -0.450. The summed E-state index contributed by atoms with van der Waals surface area (Å²) in [6, 6.07) is 32.0. The molecule has 4 aromatic carbocycles. The normalized spacial score (nSPS) is 17.5. The van der Waals surface area contributed by atoms with Gasteiger partial charge in [0.05, 0.1) is 36.7 Å². The van der Waals surface area contributed by atoms with Crippen LogP contribution in [0.2, 0.25) is 10.0 Å². The number of hydrazone groups is 1. The predicted octanol–water partition coefficient (Wildman–Crippen LogP) is 9.78. The monoisotopic (exact) mass is 736 g/mol. The number of esters is 1. The standard InChI is InChI=1S/C40H34Cl2N4O4S/c1-49-33-13-6-5-12-32(33)43-40-44-38(26-8-3-2-4-9-26)34(51-40)23-36(48)50-24-35(47)46-39(27-16-20-30(42)21-17-27)31-11-7-10-28(37(31)45-46)22-25-14-18-29(41)19-15-25/h2-6,8-9,12-22,31,39H,7,10-11,23-24H2,1H3,(H,43,44)/b28-22-. The maximum atomic E-state index is 13.9. The van der Waals surface area contributed by atoms with Gasteiger partial charge in [0.2, 0.25) is 0 Å². The molecule has 1 amide bonds. The van der Waals surface area contributed by atoms with E-state index in [4.69, 9.17) is 42.8 Å². The second kappa shape index (κ2) is 15.5. The highest BCUT2D eigenvalue weighted by Crippen LogP contribution is 2.45. The van der Waals surface area contributed by atoms with Crippen molar-refractivity contribution in [2.45, 2.75) is 31.7 Å². The van der Waals surface area contributed by atoms with E-state index in [0.29, 0.717) is 31.5 Å². The minimum atomic E-state index is -0.538. The predicted molar refractivity (Wildman–Crippen MR) is 204 cm³/mol. The second-order valence-electron chi connectivity index (χ2n) is 12.3. The molecule has 1 aliphatic carbocycles. The fourth-order valence-electron chi connectivity index (χ4n) is 6.56. The third-order valence-corrected chi connectivity index (χ3v) is 10.4. The van der Waals surface area contributed by atoms with Gasteiger partial charge >= 0.3 is 5.97 Å². The fraction of sp³-hybridized carbons (Fsp3) is 0.200. The van der Waals surface area contributed by atoms with Crippen LogP contribution in [0.4, 0.5) is 10.8 Å². The number of para-hydroxylation sites is 2. The molecule has 0 radical (unpaired) electrons. The van der Waals surface area contributed by atoms with Crippen LogP contribution >= 0.6 is 34.5 Å². The molecule has 1 fully saturated rings. The number of nitrogens with one attached hydrogen (secondary N) is 1. The fourth-order valence-corrected chi connectivity index (χ4v) is 7.79. The SMILES string of the molecule is COc1ccccc1Nc1nc(-c2ccccc2)c(CC(=O)OCC(=O)N2N=C3/C(=C\c4ccc(Cl)cc4)CCCC3C2c2ccc(Cl)cc2)s1. The minimum absolute atomic E-state index is 0.0158. The molecule has 0 bridgehead atoms. The highest BCUT2D eigenvalue weighted by molar-refractivity contribution is 7.16. The molecule has 2 atom stereocenters. The van der Waals surface area contributed by atoms with E-state index in [-0.39, 0.29) is 18.4 Å². The van der Waals surface area contributed by atoms with Crippen LogP contribution in [0.1, 0.15) is 41.3 Å². The zero-order valence-electron chi connectivity index (χ0n) is 27.7. The Balaban J connectivity index is 1.11. The van der Waals surface area contributed by atoms with Gasteiger partial charge in [-0.3, -0.25) is 9.59 Å². The number of ether oxygens (including phenoxy) is 2. The van der Waals surface area contributed by atoms with Crippen LogP contribution < -0.4 is 10.1 Å². The van der Waals surface area contributed by atoms with Crippen LogP contribution in [-0.2, 0) is 20.7 Å². The average Bonchev–Trinajstić information content (AvgIpc) is 3.74. The van der Waals surface area contributed by atoms with Crippen molar-refractivity contribution in [1.82, 2.24) is 9.99 Å². The molecule has 1 aromatic heterocycles. The number of carbonyl (C=O) groups is 2. The Morgan fingerprint density at radius 3 is 2.39 bits per heavy atom. The Hall–Kier alpha value is -4.96. The Morgan fingerprint density at radius 1 is 0.941 bits per heavy atom. The number of halogens is 2. The number of fused-ring (bicyclic) bond motifs is 1. The van der Waals surface area contributed by atoms with Crippen LogP contribution in [0.5, 0.6) is 5.75 Å². The van der Waals surface area contributed by atoms with E-state index in [1.807, 2.05) is 103 Å². The Morgan fingerprint density at radius 2 is 1.65 bits per heavy atom. The maximum Gasteiger partial charge on any atom is 0.311 e. The third-order valence-electron chi connectivity index (χ3n) is 8.93. The van der Waals surface area contributed by atoms with Crippen molar-refractivity contribution < 1.29 is 19.1 Å².